The Balaban J connectivity index is 2.28. The van der Waals surface area contributed by atoms with Gasteiger partial charge < -0.3 is 15.0 Å². The molecule has 0 aliphatic carbocycles. The molecule has 0 aliphatic heterocycles. The minimum Gasteiger partial charge on any atom is -0.496 e. The summed E-state index contributed by atoms with van der Waals surface area (Å²) >= 11 is 3.55. The van der Waals surface area contributed by atoms with Gasteiger partial charge in [0.25, 0.3) is 5.91 Å². The molecule has 0 bridgehead atoms. The third-order valence-electron chi connectivity index (χ3n) is 4.68. The molecule has 2 atom stereocenters. The second kappa shape index (κ2) is 9.74. The second-order valence-corrected chi connectivity index (χ2v) is 7.13. The van der Waals surface area contributed by atoms with E-state index in [4.69, 9.17) is 4.74 Å². The van der Waals surface area contributed by atoms with E-state index in [2.05, 4.69) is 40.3 Å². The zero-order valence-corrected chi connectivity index (χ0v) is 17.5. The molecule has 2 aromatic carbocycles. The topological polar surface area (TPSA) is 46.2 Å². The maximum Gasteiger partial charge on any atom is 0.285 e. The minimum atomic E-state index is -0.257. The molecule has 0 aliphatic rings. The molecular weight excluding hydrogens is 392 g/mol. The molecule has 0 spiro atoms. The van der Waals surface area contributed by atoms with Crippen LogP contribution in [0.1, 0.15) is 44.0 Å². The van der Waals surface area contributed by atoms with Crippen LogP contribution in [-0.2, 0) is 4.79 Å². The molecule has 2 N–H and O–H groups in total. The Morgan fingerprint density at radius 1 is 1.12 bits per heavy atom. The van der Waals surface area contributed by atoms with Crippen molar-refractivity contribution in [3.8, 4) is 5.75 Å². The average molecular weight is 420 g/mol. The Hall–Kier alpha value is -1.85. The zero-order chi connectivity index (χ0) is 19.1. The number of hydrogen-bond acceptors (Lipinski definition) is 2. The maximum absolute atomic E-state index is 13.1. The first-order valence-corrected chi connectivity index (χ1v) is 9.83. The molecule has 0 heterocycles. The molecule has 5 heteroatoms. The highest BCUT2D eigenvalue weighted by Gasteiger charge is 2.30. The summed E-state index contributed by atoms with van der Waals surface area (Å²) in [5.41, 5.74) is 2.18. The number of nitrogens with zero attached hydrogens (tertiary/aromatic N) is 1. The summed E-state index contributed by atoms with van der Waals surface area (Å²) in [4.78, 5) is 15.0. The zero-order valence-electron chi connectivity index (χ0n) is 15.9. The number of amides is 1. The van der Waals surface area contributed by atoms with Crippen LogP contribution in [0.4, 0.5) is 0 Å². The second-order valence-electron chi connectivity index (χ2n) is 6.27. The first-order chi connectivity index (χ1) is 12.5. The largest absolute Gasteiger partial charge is 0.496 e. The van der Waals surface area contributed by atoms with Gasteiger partial charge in [-0.05, 0) is 54.9 Å². The number of likely N-dealkylation sites (N-methyl/N-ethyl adjacent to an activating group) is 1. The summed E-state index contributed by atoms with van der Waals surface area (Å²) in [6.45, 7) is 7.60. The van der Waals surface area contributed by atoms with Crippen LogP contribution in [-0.4, -0.2) is 31.0 Å². The van der Waals surface area contributed by atoms with E-state index in [1.165, 1.54) is 0 Å². The molecule has 0 fully saturated rings. The van der Waals surface area contributed by atoms with Crippen LogP contribution >= 0.6 is 15.9 Å². The predicted molar refractivity (Wildman–Crippen MR) is 108 cm³/mol. The van der Waals surface area contributed by atoms with Gasteiger partial charge in [0.05, 0.1) is 11.6 Å². The first-order valence-electron chi connectivity index (χ1n) is 9.03. The normalized spacial score (nSPS) is 13.1. The number of halogens is 1. The van der Waals surface area contributed by atoms with E-state index in [0.29, 0.717) is 0 Å². The molecule has 140 valence electrons. The molecule has 0 saturated carbocycles. The first kappa shape index (κ1) is 20.5. The Labute approximate surface area is 164 Å². The average Bonchev–Trinajstić information content (AvgIpc) is 2.67. The van der Waals surface area contributed by atoms with Crippen molar-refractivity contribution < 1.29 is 14.8 Å². The summed E-state index contributed by atoms with van der Waals surface area (Å²) < 4.78 is 6.23. The van der Waals surface area contributed by atoms with Gasteiger partial charge in [0, 0.05) is 24.2 Å². The Kier molecular flexibility index (Phi) is 7.66. The van der Waals surface area contributed by atoms with Crippen LogP contribution in [0, 0.1) is 0 Å². The molecule has 1 amide bonds. The van der Waals surface area contributed by atoms with Crippen LogP contribution in [0.3, 0.4) is 0 Å². The number of carbonyl (C=O) groups is 1. The maximum atomic E-state index is 13.1. The summed E-state index contributed by atoms with van der Waals surface area (Å²) in [6, 6.07) is 15.9. The van der Waals surface area contributed by atoms with Gasteiger partial charge in [0.2, 0.25) is 0 Å². The van der Waals surface area contributed by atoms with E-state index < -0.39 is 0 Å². The molecule has 0 unspecified atom stereocenters. The van der Waals surface area contributed by atoms with Crippen molar-refractivity contribution in [1.82, 2.24) is 4.90 Å². The van der Waals surface area contributed by atoms with Gasteiger partial charge in [0.1, 0.15) is 11.8 Å². The van der Waals surface area contributed by atoms with Gasteiger partial charge in [-0.2, -0.15) is 0 Å². The smallest absolute Gasteiger partial charge is 0.285 e. The Morgan fingerprint density at radius 3 is 2.31 bits per heavy atom. The molecule has 2 aromatic rings. The van der Waals surface area contributed by atoms with Gasteiger partial charge in [-0.1, -0.05) is 30.3 Å². The van der Waals surface area contributed by atoms with Crippen molar-refractivity contribution in [2.45, 2.75) is 32.9 Å². The predicted octanol–water partition coefficient (Wildman–Crippen LogP) is 3.69. The van der Waals surface area contributed by atoms with Crippen LogP contribution in [0.15, 0.2) is 53.0 Å². The number of methoxy groups -OCH3 is 1. The number of benzene rings is 2. The quantitative estimate of drug-likeness (QED) is 0.708. The SMILES string of the molecule is CCN(CC)C(=O)[C@@H]([NH2+][C@@H](C)c1ccc(OC)c(Br)c1)c1ccccc1. The van der Waals surface area contributed by atoms with Crippen LogP contribution < -0.4 is 10.1 Å². The van der Waals surface area contributed by atoms with Crippen molar-refractivity contribution in [3.63, 3.8) is 0 Å². The van der Waals surface area contributed by atoms with E-state index in [1.807, 2.05) is 55.1 Å². The number of rotatable bonds is 8. The lowest BCUT2D eigenvalue weighted by Crippen LogP contribution is -2.88. The van der Waals surface area contributed by atoms with Crippen LogP contribution in [0.25, 0.3) is 0 Å². The van der Waals surface area contributed by atoms with Crippen molar-refractivity contribution in [2.24, 2.45) is 0 Å². The monoisotopic (exact) mass is 419 g/mol. The molecule has 26 heavy (non-hydrogen) atoms. The van der Waals surface area contributed by atoms with Gasteiger partial charge >= 0.3 is 0 Å². The fourth-order valence-electron chi connectivity index (χ4n) is 3.09. The lowest BCUT2D eigenvalue weighted by Gasteiger charge is -2.26. The highest BCUT2D eigenvalue weighted by molar-refractivity contribution is 9.10. The number of quaternary nitrogens is 1. The molecule has 0 saturated heterocycles. The van der Waals surface area contributed by atoms with Crippen molar-refractivity contribution in [2.75, 3.05) is 20.2 Å². The van der Waals surface area contributed by atoms with Crippen LogP contribution in [0.5, 0.6) is 5.75 Å². The third-order valence-corrected chi connectivity index (χ3v) is 5.30. The van der Waals surface area contributed by atoms with Crippen molar-refractivity contribution in [3.05, 3.63) is 64.1 Å². The van der Waals surface area contributed by atoms with Gasteiger partial charge in [0.15, 0.2) is 6.04 Å². The van der Waals surface area contributed by atoms with Crippen LogP contribution in [0.2, 0.25) is 0 Å². The Morgan fingerprint density at radius 2 is 1.77 bits per heavy atom. The highest BCUT2D eigenvalue weighted by atomic mass is 79.9. The number of ether oxygens (including phenoxy) is 1. The number of nitrogens with two attached hydrogens (primary N) is 1. The van der Waals surface area contributed by atoms with E-state index in [-0.39, 0.29) is 18.0 Å². The summed E-state index contributed by atoms with van der Waals surface area (Å²) in [5, 5.41) is 2.14. The molecular formula is C21H28BrN2O2+. The minimum absolute atomic E-state index is 0.127. The summed E-state index contributed by atoms with van der Waals surface area (Å²) in [6.07, 6.45) is 0. The number of carbonyl (C=O) groups excluding carboxylic acids is 1. The third kappa shape index (κ3) is 4.86. The fourth-order valence-corrected chi connectivity index (χ4v) is 3.65. The highest BCUT2D eigenvalue weighted by Crippen LogP contribution is 2.27. The lowest BCUT2D eigenvalue weighted by atomic mass is 10.0. The molecule has 0 radical (unpaired) electrons. The van der Waals surface area contributed by atoms with Gasteiger partial charge in [-0.3, -0.25) is 4.79 Å². The van der Waals surface area contributed by atoms with E-state index in [0.717, 1.165) is 34.4 Å². The van der Waals surface area contributed by atoms with Crippen molar-refractivity contribution >= 4 is 21.8 Å². The molecule has 4 nitrogen and oxygen atoms in total. The molecule has 0 aromatic heterocycles. The van der Waals surface area contributed by atoms with E-state index in [9.17, 15) is 4.79 Å². The number of hydrogen-bond donors (Lipinski definition) is 1. The van der Waals surface area contributed by atoms with E-state index in [1.54, 1.807) is 7.11 Å². The van der Waals surface area contributed by atoms with Crippen molar-refractivity contribution in [1.29, 1.82) is 0 Å². The lowest BCUT2D eigenvalue weighted by molar-refractivity contribution is -0.719. The molecule has 2 rings (SSSR count). The van der Waals surface area contributed by atoms with E-state index >= 15 is 0 Å². The Bertz CT molecular complexity index is 717. The van der Waals surface area contributed by atoms with Gasteiger partial charge in [-0.15, -0.1) is 0 Å². The standard InChI is InChI=1S/C21H27BrN2O2/c1-5-24(6-2)21(25)20(16-10-8-7-9-11-16)23-15(3)17-12-13-19(26-4)18(22)14-17/h7-15,20,23H,5-6H2,1-4H3/p+1/t15-,20-/m0/s1. The fraction of sp³-hybridized carbons (Fsp3) is 0.381. The summed E-state index contributed by atoms with van der Waals surface area (Å²) in [5.74, 6) is 0.959. The summed E-state index contributed by atoms with van der Waals surface area (Å²) in [7, 11) is 1.66. The van der Waals surface area contributed by atoms with Gasteiger partial charge in [-0.25, -0.2) is 0 Å².